The van der Waals surface area contributed by atoms with E-state index < -0.39 is 0 Å². The molecule has 0 unspecified atom stereocenters. The van der Waals surface area contributed by atoms with Crippen LogP contribution in [0.25, 0.3) is 6.08 Å². The van der Waals surface area contributed by atoms with Gasteiger partial charge in [0.25, 0.3) is 0 Å². The summed E-state index contributed by atoms with van der Waals surface area (Å²) in [5.41, 5.74) is 1.23. The monoisotopic (exact) mass is 406 g/mol. The first kappa shape index (κ1) is 20.5. The van der Waals surface area contributed by atoms with Gasteiger partial charge in [0.05, 0.1) is 6.54 Å². The van der Waals surface area contributed by atoms with Crippen LogP contribution < -0.4 is 4.90 Å². The molecule has 0 N–H and O–H groups in total. The molecule has 1 amide bonds. The highest BCUT2D eigenvalue weighted by Crippen LogP contribution is 2.11. The van der Waals surface area contributed by atoms with Crippen LogP contribution in [0.5, 0.6) is 0 Å². The van der Waals surface area contributed by atoms with Crippen LogP contribution in [0.3, 0.4) is 0 Å². The highest BCUT2D eigenvalue weighted by molar-refractivity contribution is 5.78. The first-order valence-electron chi connectivity index (χ1n) is 10.7. The molecule has 2 aliphatic rings. The van der Waals surface area contributed by atoms with Crippen LogP contribution in [0.15, 0.2) is 54.9 Å². The largest absolute Gasteiger partial charge is 0.339 e. The summed E-state index contributed by atoms with van der Waals surface area (Å²) in [6.45, 7) is 8.40. The Morgan fingerprint density at radius 3 is 2.20 bits per heavy atom. The Balaban J connectivity index is 1.16. The minimum Gasteiger partial charge on any atom is -0.339 e. The van der Waals surface area contributed by atoms with Gasteiger partial charge in [0, 0.05) is 71.3 Å². The molecule has 0 spiro atoms. The molecule has 0 aliphatic carbocycles. The molecule has 3 heterocycles. The minimum atomic E-state index is 0.249. The van der Waals surface area contributed by atoms with Crippen LogP contribution in [0.1, 0.15) is 5.56 Å². The minimum absolute atomic E-state index is 0.249. The van der Waals surface area contributed by atoms with Gasteiger partial charge in [-0.05, 0) is 11.6 Å². The Kier molecular flexibility index (Phi) is 7.05. The van der Waals surface area contributed by atoms with Crippen molar-refractivity contribution in [1.82, 2.24) is 24.7 Å². The molecule has 2 saturated heterocycles. The second-order valence-corrected chi connectivity index (χ2v) is 7.81. The van der Waals surface area contributed by atoms with E-state index in [1.54, 1.807) is 12.4 Å². The Bertz CT molecular complexity index is 812. The van der Waals surface area contributed by atoms with Gasteiger partial charge < -0.3 is 9.80 Å². The van der Waals surface area contributed by atoms with Crippen molar-refractivity contribution in [2.45, 2.75) is 0 Å². The SMILES string of the molecule is O=C(CN1CCN(c2ncccn2)CC1)N1CCN(C/C=C/c2ccccc2)CC1. The zero-order valence-corrected chi connectivity index (χ0v) is 17.4. The van der Waals surface area contributed by atoms with Crippen molar-refractivity contribution in [2.24, 2.45) is 0 Å². The zero-order chi connectivity index (χ0) is 20.6. The molecular formula is C23H30N6O. The smallest absolute Gasteiger partial charge is 0.236 e. The third-order valence-electron chi connectivity index (χ3n) is 5.76. The average molecular weight is 407 g/mol. The van der Waals surface area contributed by atoms with Gasteiger partial charge in [-0.25, -0.2) is 9.97 Å². The van der Waals surface area contributed by atoms with Crippen molar-refractivity contribution in [1.29, 1.82) is 0 Å². The fourth-order valence-corrected chi connectivity index (χ4v) is 3.93. The third kappa shape index (κ3) is 5.64. The Hall–Kier alpha value is -2.77. The van der Waals surface area contributed by atoms with Gasteiger partial charge in [-0.2, -0.15) is 0 Å². The van der Waals surface area contributed by atoms with E-state index >= 15 is 0 Å². The van der Waals surface area contributed by atoms with E-state index in [0.29, 0.717) is 6.54 Å². The summed E-state index contributed by atoms with van der Waals surface area (Å²) in [6.07, 6.45) is 7.92. The second-order valence-electron chi connectivity index (χ2n) is 7.81. The van der Waals surface area contributed by atoms with Crippen LogP contribution in [0.2, 0.25) is 0 Å². The fraction of sp³-hybridized carbons (Fsp3) is 0.435. The predicted molar refractivity (Wildman–Crippen MR) is 119 cm³/mol. The van der Waals surface area contributed by atoms with E-state index in [1.807, 2.05) is 17.0 Å². The molecule has 2 aliphatic heterocycles. The summed E-state index contributed by atoms with van der Waals surface area (Å²) >= 11 is 0. The van der Waals surface area contributed by atoms with Crippen molar-refractivity contribution < 1.29 is 4.79 Å². The van der Waals surface area contributed by atoms with E-state index in [-0.39, 0.29) is 5.91 Å². The number of carbonyl (C=O) groups is 1. The molecule has 30 heavy (non-hydrogen) atoms. The number of hydrogen-bond acceptors (Lipinski definition) is 6. The summed E-state index contributed by atoms with van der Waals surface area (Å²) in [7, 11) is 0. The molecule has 7 nitrogen and oxygen atoms in total. The highest BCUT2D eigenvalue weighted by atomic mass is 16.2. The maximum absolute atomic E-state index is 12.7. The predicted octanol–water partition coefficient (Wildman–Crippen LogP) is 1.46. The van der Waals surface area contributed by atoms with E-state index in [4.69, 9.17) is 0 Å². The maximum Gasteiger partial charge on any atom is 0.236 e. The lowest BCUT2D eigenvalue weighted by atomic mass is 10.2. The van der Waals surface area contributed by atoms with E-state index in [9.17, 15) is 4.79 Å². The number of aromatic nitrogens is 2. The summed E-state index contributed by atoms with van der Waals surface area (Å²) in [4.78, 5) is 30.2. The molecule has 1 aromatic carbocycles. The molecule has 158 valence electrons. The van der Waals surface area contributed by atoms with Gasteiger partial charge in [0.1, 0.15) is 0 Å². The quantitative estimate of drug-likeness (QED) is 0.724. The Labute approximate surface area is 178 Å². The molecular weight excluding hydrogens is 376 g/mol. The standard InChI is InChI=1S/C23H30N6O/c30-22(20-27-14-18-29(19-15-27)23-24-9-5-10-25-23)28-16-12-26(13-17-28)11-4-8-21-6-2-1-3-7-21/h1-10H,11-20H2/b8-4+. The van der Waals surface area contributed by atoms with Crippen molar-refractivity contribution in [3.63, 3.8) is 0 Å². The van der Waals surface area contributed by atoms with Gasteiger partial charge in [-0.3, -0.25) is 14.6 Å². The van der Waals surface area contributed by atoms with Gasteiger partial charge in [-0.1, -0.05) is 42.5 Å². The van der Waals surface area contributed by atoms with Crippen LogP contribution in [0.4, 0.5) is 5.95 Å². The number of carbonyl (C=O) groups excluding carboxylic acids is 1. The number of amides is 1. The summed E-state index contributed by atoms with van der Waals surface area (Å²) in [5.74, 6) is 1.03. The molecule has 7 heteroatoms. The number of nitrogens with zero attached hydrogens (tertiary/aromatic N) is 6. The number of rotatable bonds is 6. The molecule has 0 atom stereocenters. The van der Waals surface area contributed by atoms with E-state index in [2.05, 4.69) is 61.1 Å². The number of hydrogen-bond donors (Lipinski definition) is 0. The topological polar surface area (TPSA) is 55.8 Å². The molecule has 0 saturated carbocycles. The van der Waals surface area contributed by atoms with Crippen LogP contribution in [-0.4, -0.2) is 96.0 Å². The number of anilines is 1. The van der Waals surface area contributed by atoms with Crippen molar-refractivity contribution in [3.8, 4) is 0 Å². The zero-order valence-electron chi connectivity index (χ0n) is 17.4. The van der Waals surface area contributed by atoms with Gasteiger partial charge in [0.15, 0.2) is 0 Å². The molecule has 4 rings (SSSR count). The van der Waals surface area contributed by atoms with Crippen molar-refractivity contribution in [2.75, 3.05) is 70.3 Å². The van der Waals surface area contributed by atoms with E-state index in [0.717, 1.165) is 64.9 Å². The Morgan fingerprint density at radius 1 is 0.833 bits per heavy atom. The molecule has 2 aromatic rings. The van der Waals surface area contributed by atoms with Crippen LogP contribution in [0, 0.1) is 0 Å². The molecule has 2 fully saturated rings. The number of piperazine rings is 2. The average Bonchev–Trinajstić information content (AvgIpc) is 2.81. The lowest BCUT2D eigenvalue weighted by Crippen LogP contribution is -2.54. The van der Waals surface area contributed by atoms with Crippen LogP contribution in [-0.2, 0) is 4.79 Å². The fourth-order valence-electron chi connectivity index (χ4n) is 3.93. The summed E-state index contributed by atoms with van der Waals surface area (Å²) in [6, 6.07) is 12.2. The molecule has 1 aromatic heterocycles. The van der Waals surface area contributed by atoms with Gasteiger partial charge in [-0.15, -0.1) is 0 Å². The molecule has 0 radical (unpaired) electrons. The molecule has 0 bridgehead atoms. The number of benzene rings is 1. The van der Waals surface area contributed by atoms with Crippen molar-refractivity contribution >= 4 is 17.9 Å². The first-order valence-corrected chi connectivity index (χ1v) is 10.7. The van der Waals surface area contributed by atoms with Crippen molar-refractivity contribution in [3.05, 3.63) is 60.4 Å². The van der Waals surface area contributed by atoms with Gasteiger partial charge in [0.2, 0.25) is 11.9 Å². The first-order chi connectivity index (χ1) is 14.8. The summed E-state index contributed by atoms with van der Waals surface area (Å²) in [5, 5.41) is 0. The van der Waals surface area contributed by atoms with Crippen LogP contribution >= 0.6 is 0 Å². The maximum atomic E-state index is 12.7. The van der Waals surface area contributed by atoms with E-state index in [1.165, 1.54) is 5.56 Å². The second kappa shape index (κ2) is 10.3. The normalized spacial score (nSPS) is 18.8. The third-order valence-corrected chi connectivity index (χ3v) is 5.76. The highest BCUT2D eigenvalue weighted by Gasteiger charge is 2.25. The lowest BCUT2D eigenvalue weighted by Gasteiger charge is -2.37. The summed E-state index contributed by atoms with van der Waals surface area (Å²) < 4.78 is 0. The Morgan fingerprint density at radius 2 is 1.50 bits per heavy atom. The lowest BCUT2D eigenvalue weighted by molar-refractivity contribution is -0.134. The van der Waals surface area contributed by atoms with Gasteiger partial charge >= 0.3 is 0 Å².